The van der Waals surface area contributed by atoms with Gasteiger partial charge in [0.15, 0.2) is 0 Å². The molecule has 1 aromatic rings. The number of hydrogen-bond donors (Lipinski definition) is 1. The van der Waals surface area contributed by atoms with Crippen molar-refractivity contribution in [2.45, 2.75) is 20.4 Å². The van der Waals surface area contributed by atoms with Gasteiger partial charge in [-0.3, -0.25) is 14.9 Å². The van der Waals surface area contributed by atoms with Gasteiger partial charge in [-0.2, -0.15) is 0 Å². The maximum absolute atomic E-state index is 11.8. The first-order chi connectivity index (χ1) is 9.47. The number of likely N-dealkylation sites (N-methyl/N-ethyl adjacent to an activating group) is 1. The van der Waals surface area contributed by atoms with Crippen molar-refractivity contribution in [3.05, 3.63) is 38.3 Å². The second kappa shape index (κ2) is 7.96. The molecule has 0 unspecified atom stereocenters. The number of nitrogens with zero attached hydrogens (tertiary/aromatic N) is 2. The quantitative estimate of drug-likeness (QED) is 0.608. The number of non-ortho nitro benzene ring substituents is 1. The van der Waals surface area contributed by atoms with E-state index in [4.69, 9.17) is 0 Å². The van der Waals surface area contributed by atoms with Crippen LogP contribution in [0.25, 0.3) is 0 Å². The van der Waals surface area contributed by atoms with Crippen LogP contribution >= 0.6 is 15.9 Å². The summed E-state index contributed by atoms with van der Waals surface area (Å²) < 4.78 is 0.651. The Morgan fingerprint density at radius 1 is 1.35 bits per heavy atom. The van der Waals surface area contributed by atoms with Crippen molar-refractivity contribution in [3.63, 3.8) is 0 Å². The van der Waals surface area contributed by atoms with E-state index >= 15 is 0 Å². The summed E-state index contributed by atoms with van der Waals surface area (Å²) in [6, 6.07) is 4.74. The Morgan fingerprint density at radius 3 is 2.55 bits per heavy atom. The molecule has 0 aliphatic carbocycles. The largest absolute Gasteiger partial charge is 0.342 e. The Balaban J connectivity index is 2.58. The first-order valence-electron chi connectivity index (χ1n) is 6.40. The molecule has 20 heavy (non-hydrogen) atoms. The molecule has 0 aromatic heterocycles. The molecule has 0 atom stereocenters. The van der Waals surface area contributed by atoms with E-state index in [2.05, 4.69) is 21.2 Å². The predicted octanol–water partition coefficient (Wildman–Crippen LogP) is 2.32. The molecule has 1 aromatic carbocycles. The number of nitro groups is 1. The topological polar surface area (TPSA) is 75.5 Å². The van der Waals surface area contributed by atoms with Crippen LogP contribution in [-0.4, -0.2) is 35.4 Å². The van der Waals surface area contributed by atoms with Crippen LogP contribution < -0.4 is 5.32 Å². The summed E-state index contributed by atoms with van der Waals surface area (Å²) in [6.45, 7) is 5.85. The van der Waals surface area contributed by atoms with Crippen LogP contribution in [0.5, 0.6) is 0 Å². The van der Waals surface area contributed by atoms with Crippen LogP contribution in [-0.2, 0) is 11.3 Å². The lowest BCUT2D eigenvalue weighted by atomic mass is 10.2. The summed E-state index contributed by atoms with van der Waals surface area (Å²) in [5.41, 5.74) is 0.796. The van der Waals surface area contributed by atoms with Gasteiger partial charge < -0.3 is 10.2 Å². The van der Waals surface area contributed by atoms with Crippen LogP contribution in [0.2, 0.25) is 0 Å². The molecule has 0 saturated heterocycles. The Bertz CT molecular complexity index is 490. The zero-order valence-electron chi connectivity index (χ0n) is 11.6. The summed E-state index contributed by atoms with van der Waals surface area (Å²) in [6.07, 6.45) is 0. The van der Waals surface area contributed by atoms with Gasteiger partial charge in [0.05, 0.1) is 11.5 Å². The maximum Gasteiger partial charge on any atom is 0.270 e. The first kappa shape index (κ1) is 16.6. The third kappa shape index (κ3) is 4.90. The molecule has 0 radical (unpaired) electrons. The molecule has 0 fully saturated rings. The third-order valence-electron chi connectivity index (χ3n) is 2.87. The SMILES string of the molecule is CCN(CC)C(=O)CNCc1cc(Br)cc([N+](=O)[O-])c1. The van der Waals surface area contributed by atoms with E-state index in [1.54, 1.807) is 11.0 Å². The minimum atomic E-state index is -0.435. The highest BCUT2D eigenvalue weighted by Gasteiger charge is 2.11. The lowest BCUT2D eigenvalue weighted by Gasteiger charge is -2.18. The van der Waals surface area contributed by atoms with Crippen molar-refractivity contribution < 1.29 is 9.72 Å². The second-order valence-corrected chi connectivity index (χ2v) is 5.16. The van der Waals surface area contributed by atoms with E-state index in [0.717, 1.165) is 5.56 Å². The molecule has 110 valence electrons. The van der Waals surface area contributed by atoms with E-state index in [0.29, 0.717) is 24.1 Å². The maximum atomic E-state index is 11.8. The Morgan fingerprint density at radius 2 is 2.00 bits per heavy atom. The van der Waals surface area contributed by atoms with E-state index < -0.39 is 4.92 Å². The van der Waals surface area contributed by atoms with Gasteiger partial charge in [0.1, 0.15) is 0 Å². The smallest absolute Gasteiger partial charge is 0.270 e. The summed E-state index contributed by atoms with van der Waals surface area (Å²) >= 11 is 3.24. The minimum Gasteiger partial charge on any atom is -0.342 e. The molecule has 0 aliphatic rings. The number of rotatable bonds is 7. The monoisotopic (exact) mass is 343 g/mol. The average molecular weight is 344 g/mol. The molecular weight excluding hydrogens is 326 g/mol. The number of halogens is 1. The van der Waals surface area contributed by atoms with Crippen molar-refractivity contribution in [1.82, 2.24) is 10.2 Å². The van der Waals surface area contributed by atoms with Crippen LogP contribution in [0.4, 0.5) is 5.69 Å². The van der Waals surface area contributed by atoms with E-state index in [9.17, 15) is 14.9 Å². The van der Waals surface area contributed by atoms with Crippen molar-refractivity contribution in [2.75, 3.05) is 19.6 Å². The van der Waals surface area contributed by atoms with Gasteiger partial charge in [-0.25, -0.2) is 0 Å². The van der Waals surface area contributed by atoms with Crippen molar-refractivity contribution in [3.8, 4) is 0 Å². The normalized spacial score (nSPS) is 10.3. The summed E-state index contributed by atoms with van der Waals surface area (Å²) in [4.78, 5) is 23.8. The van der Waals surface area contributed by atoms with Crippen LogP contribution in [0.15, 0.2) is 22.7 Å². The van der Waals surface area contributed by atoms with Gasteiger partial charge in [-0.05, 0) is 25.5 Å². The molecule has 6 nitrogen and oxygen atoms in total. The molecule has 0 bridgehead atoms. The highest BCUT2D eigenvalue weighted by molar-refractivity contribution is 9.10. The number of carbonyl (C=O) groups is 1. The van der Waals surface area contributed by atoms with E-state index in [-0.39, 0.29) is 18.1 Å². The molecule has 7 heteroatoms. The lowest BCUT2D eigenvalue weighted by Crippen LogP contribution is -2.37. The van der Waals surface area contributed by atoms with Crippen molar-refractivity contribution in [2.24, 2.45) is 0 Å². The second-order valence-electron chi connectivity index (χ2n) is 4.24. The average Bonchev–Trinajstić information content (AvgIpc) is 2.39. The number of benzene rings is 1. The van der Waals surface area contributed by atoms with Gasteiger partial charge >= 0.3 is 0 Å². The summed E-state index contributed by atoms with van der Waals surface area (Å²) in [5.74, 6) is 0.0273. The van der Waals surface area contributed by atoms with Crippen molar-refractivity contribution in [1.29, 1.82) is 0 Å². The van der Waals surface area contributed by atoms with Gasteiger partial charge in [-0.15, -0.1) is 0 Å². The van der Waals surface area contributed by atoms with Crippen LogP contribution in [0.1, 0.15) is 19.4 Å². The molecular formula is C13H18BrN3O3. The predicted molar refractivity (Wildman–Crippen MR) is 80.4 cm³/mol. The van der Waals surface area contributed by atoms with E-state index in [1.807, 2.05) is 13.8 Å². The Hall–Kier alpha value is -1.47. The minimum absolute atomic E-state index is 0.0273. The number of amides is 1. The highest BCUT2D eigenvalue weighted by atomic mass is 79.9. The Labute approximate surface area is 126 Å². The number of hydrogen-bond acceptors (Lipinski definition) is 4. The molecule has 0 aliphatic heterocycles. The fraction of sp³-hybridized carbons (Fsp3) is 0.462. The van der Waals surface area contributed by atoms with E-state index in [1.165, 1.54) is 12.1 Å². The van der Waals surface area contributed by atoms with Crippen molar-refractivity contribution >= 4 is 27.5 Å². The van der Waals surface area contributed by atoms with Gasteiger partial charge in [0.2, 0.25) is 5.91 Å². The molecule has 0 saturated carbocycles. The molecule has 0 heterocycles. The first-order valence-corrected chi connectivity index (χ1v) is 7.19. The molecule has 1 amide bonds. The number of carbonyl (C=O) groups excluding carboxylic acids is 1. The third-order valence-corrected chi connectivity index (χ3v) is 3.33. The molecule has 1 N–H and O–H groups in total. The standard InChI is InChI=1S/C13H18BrN3O3/c1-3-16(4-2)13(18)9-15-8-10-5-11(14)7-12(6-10)17(19)20/h5-7,15H,3-4,8-9H2,1-2H3. The van der Waals surface area contributed by atoms with Gasteiger partial charge in [0, 0.05) is 36.2 Å². The Kier molecular flexibility index (Phi) is 6.60. The number of nitrogens with one attached hydrogen (secondary N) is 1. The van der Waals surface area contributed by atoms with Gasteiger partial charge in [0.25, 0.3) is 5.69 Å². The van der Waals surface area contributed by atoms with Crippen LogP contribution in [0, 0.1) is 10.1 Å². The summed E-state index contributed by atoms with van der Waals surface area (Å²) in [5, 5.41) is 13.8. The van der Waals surface area contributed by atoms with Gasteiger partial charge in [-0.1, -0.05) is 15.9 Å². The molecule has 0 spiro atoms. The van der Waals surface area contributed by atoms with Crippen LogP contribution in [0.3, 0.4) is 0 Å². The molecule has 1 rings (SSSR count). The number of nitro benzene ring substituents is 1. The zero-order chi connectivity index (χ0) is 15.1. The lowest BCUT2D eigenvalue weighted by molar-refractivity contribution is -0.385. The summed E-state index contributed by atoms with van der Waals surface area (Å²) in [7, 11) is 0. The fourth-order valence-electron chi connectivity index (χ4n) is 1.84. The fourth-order valence-corrected chi connectivity index (χ4v) is 2.37. The highest BCUT2D eigenvalue weighted by Crippen LogP contribution is 2.21. The zero-order valence-corrected chi connectivity index (χ0v) is 13.1.